The molecule has 1 aromatic carbocycles. The van der Waals surface area contributed by atoms with Crippen molar-refractivity contribution in [3.8, 4) is 0 Å². The Morgan fingerprint density at radius 2 is 2.13 bits per heavy atom. The molecule has 3 nitrogen and oxygen atoms in total. The fourth-order valence-corrected chi connectivity index (χ4v) is 1.20. The van der Waals surface area contributed by atoms with Crippen LogP contribution in [0.25, 0.3) is 0 Å². The van der Waals surface area contributed by atoms with Gasteiger partial charge in [-0.15, -0.1) is 0 Å². The van der Waals surface area contributed by atoms with Gasteiger partial charge in [-0.2, -0.15) is 0 Å². The van der Waals surface area contributed by atoms with Crippen molar-refractivity contribution in [2.75, 3.05) is 6.54 Å². The molecule has 1 atom stereocenters. The fourth-order valence-electron chi connectivity index (χ4n) is 1.07. The fraction of sp³-hybridized carbons (Fsp3) is 0.182. The van der Waals surface area contributed by atoms with Crippen LogP contribution in [0.1, 0.15) is 11.7 Å². The molecule has 0 aromatic heterocycles. The zero-order chi connectivity index (χ0) is 11.3. The van der Waals surface area contributed by atoms with Crippen LogP contribution >= 0.6 is 11.6 Å². The molecule has 4 heteroatoms. The summed E-state index contributed by atoms with van der Waals surface area (Å²) in [5.41, 5.74) is 0.712. The lowest BCUT2D eigenvalue weighted by Crippen LogP contribution is -2.26. The average molecular weight is 226 g/mol. The molecule has 2 N–H and O–H groups in total. The first-order valence-electron chi connectivity index (χ1n) is 4.47. The molecular formula is C11H12ClNO2. The van der Waals surface area contributed by atoms with Crippen molar-refractivity contribution < 1.29 is 9.90 Å². The number of amides is 1. The second-order valence-corrected chi connectivity index (χ2v) is 3.45. The molecule has 0 unspecified atom stereocenters. The Hall–Kier alpha value is -1.32. The van der Waals surface area contributed by atoms with E-state index in [1.54, 1.807) is 24.3 Å². The van der Waals surface area contributed by atoms with Gasteiger partial charge < -0.3 is 10.4 Å². The Bertz CT molecular complexity index is 348. The normalized spacial score (nSPS) is 11.9. The third kappa shape index (κ3) is 3.73. The van der Waals surface area contributed by atoms with E-state index in [-0.39, 0.29) is 12.5 Å². The summed E-state index contributed by atoms with van der Waals surface area (Å²) in [5.74, 6) is -0.303. The van der Waals surface area contributed by atoms with Crippen molar-refractivity contribution in [3.63, 3.8) is 0 Å². The van der Waals surface area contributed by atoms with E-state index >= 15 is 0 Å². The van der Waals surface area contributed by atoms with Crippen LogP contribution in [-0.4, -0.2) is 17.6 Å². The van der Waals surface area contributed by atoms with Gasteiger partial charge in [-0.25, -0.2) is 0 Å². The third-order valence-corrected chi connectivity index (χ3v) is 2.16. The average Bonchev–Trinajstić information content (AvgIpc) is 2.26. The molecule has 0 bridgehead atoms. The summed E-state index contributed by atoms with van der Waals surface area (Å²) in [4.78, 5) is 10.8. The summed E-state index contributed by atoms with van der Waals surface area (Å²) < 4.78 is 0. The van der Waals surface area contributed by atoms with Crippen molar-refractivity contribution in [2.45, 2.75) is 6.10 Å². The van der Waals surface area contributed by atoms with Gasteiger partial charge in [0.05, 0.1) is 6.10 Å². The minimum atomic E-state index is -0.730. The van der Waals surface area contributed by atoms with Crippen LogP contribution in [-0.2, 0) is 4.79 Å². The molecule has 0 aliphatic rings. The maximum Gasteiger partial charge on any atom is 0.243 e. The monoisotopic (exact) mass is 225 g/mol. The summed E-state index contributed by atoms with van der Waals surface area (Å²) in [5, 5.41) is 12.8. The number of nitrogens with one attached hydrogen (secondary N) is 1. The van der Waals surface area contributed by atoms with Crippen LogP contribution in [0.15, 0.2) is 36.9 Å². The molecule has 80 valence electrons. The van der Waals surface area contributed by atoms with E-state index in [0.717, 1.165) is 6.08 Å². The van der Waals surface area contributed by atoms with Crippen LogP contribution in [0, 0.1) is 0 Å². The molecule has 1 amide bonds. The maximum absolute atomic E-state index is 10.8. The minimum absolute atomic E-state index is 0.159. The van der Waals surface area contributed by atoms with E-state index in [0.29, 0.717) is 10.6 Å². The molecule has 0 fully saturated rings. The molecule has 1 rings (SSSR count). The van der Waals surface area contributed by atoms with Crippen molar-refractivity contribution in [2.24, 2.45) is 0 Å². The SMILES string of the molecule is C=CC(=O)NC[C@@H](O)c1ccc(Cl)cc1. The molecule has 0 radical (unpaired) electrons. The number of carbonyl (C=O) groups excluding carboxylic acids is 1. The summed E-state index contributed by atoms with van der Waals surface area (Å²) >= 11 is 5.70. The van der Waals surface area contributed by atoms with E-state index < -0.39 is 6.10 Å². The van der Waals surface area contributed by atoms with Gasteiger partial charge >= 0.3 is 0 Å². The number of aliphatic hydroxyl groups excluding tert-OH is 1. The van der Waals surface area contributed by atoms with E-state index in [1.165, 1.54) is 0 Å². The Morgan fingerprint density at radius 1 is 1.53 bits per heavy atom. The predicted octanol–water partition coefficient (Wildman–Crippen LogP) is 1.68. The molecule has 0 spiro atoms. The largest absolute Gasteiger partial charge is 0.387 e. The van der Waals surface area contributed by atoms with Crippen molar-refractivity contribution in [3.05, 3.63) is 47.5 Å². The number of benzene rings is 1. The van der Waals surface area contributed by atoms with Gasteiger partial charge in [0.2, 0.25) is 5.91 Å². The minimum Gasteiger partial charge on any atom is -0.387 e. The van der Waals surface area contributed by atoms with Crippen molar-refractivity contribution in [1.29, 1.82) is 0 Å². The molecule has 0 aliphatic carbocycles. The molecule has 15 heavy (non-hydrogen) atoms. The van der Waals surface area contributed by atoms with Crippen LogP contribution in [0.2, 0.25) is 5.02 Å². The molecular weight excluding hydrogens is 214 g/mol. The molecule has 1 aromatic rings. The van der Waals surface area contributed by atoms with Gasteiger partial charge in [0.25, 0.3) is 0 Å². The van der Waals surface area contributed by atoms with E-state index in [9.17, 15) is 9.90 Å². The Labute approximate surface area is 93.4 Å². The zero-order valence-corrected chi connectivity index (χ0v) is 8.87. The topological polar surface area (TPSA) is 49.3 Å². The number of aliphatic hydroxyl groups is 1. The van der Waals surface area contributed by atoms with E-state index in [2.05, 4.69) is 11.9 Å². The quantitative estimate of drug-likeness (QED) is 0.766. The number of halogens is 1. The molecule has 0 saturated heterocycles. The van der Waals surface area contributed by atoms with Crippen LogP contribution in [0.5, 0.6) is 0 Å². The predicted molar refractivity (Wildman–Crippen MR) is 59.6 cm³/mol. The number of hydrogen-bond donors (Lipinski definition) is 2. The van der Waals surface area contributed by atoms with Crippen LogP contribution < -0.4 is 5.32 Å². The molecule has 0 heterocycles. The van der Waals surface area contributed by atoms with Gasteiger partial charge in [-0.05, 0) is 23.8 Å². The number of hydrogen-bond acceptors (Lipinski definition) is 2. The Balaban J connectivity index is 2.53. The summed E-state index contributed by atoms with van der Waals surface area (Å²) in [7, 11) is 0. The lowest BCUT2D eigenvalue weighted by atomic mass is 10.1. The number of carbonyl (C=O) groups is 1. The van der Waals surface area contributed by atoms with E-state index in [1.807, 2.05) is 0 Å². The highest BCUT2D eigenvalue weighted by Gasteiger charge is 2.07. The first-order valence-corrected chi connectivity index (χ1v) is 4.85. The van der Waals surface area contributed by atoms with Gasteiger partial charge in [0.15, 0.2) is 0 Å². The van der Waals surface area contributed by atoms with Gasteiger partial charge in [0.1, 0.15) is 0 Å². The zero-order valence-electron chi connectivity index (χ0n) is 8.11. The van der Waals surface area contributed by atoms with Crippen molar-refractivity contribution in [1.82, 2.24) is 5.32 Å². The maximum atomic E-state index is 10.8. The standard InChI is InChI=1S/C11H12ClNO2/c1-2-11(15)13-7-10(14)8-3-5-9(12)6-4-8/h2-6,10,14H,1,7H2,(H,13,15)/t10-/m1/s1. The van der Waals surface area contributed by atoms with Gasteiger partial charge in [-0.3, -0.25) is 4.79 Å². The Kier molecular flexibility index (Phi) is 4.34. The van der Waals surface area contributed by atoms with Gasteiger partial charge in [-0.1, -0.05) is 30.3 Å². The molecule has 0 saturated carbocycles. The number of rotatable bonds is 4. The van der Waals surface area contributed by atoms with Gasteiger partial charge in [0, 0.05) is 11.6 Å². The highest BCUT2D eigenvalue weighted by molar-refractivity contribution is 6.30. The second kappa shape index (κ2) is 5.53. The lowest BCUT2D eigenvalue weighted by Gasteiger charge is -2.11. The smallest absolute Gasteiger partial charge is 0.243 e. The highest BCUT2D eigenvalue weighted by atomic mass is 35.5. The lowest BCUT2D eigenvalue weighted by molar-refractivity contribution is -0.116. The van der Waals surface area contributed by atoms with E-state index in [4.69, 9.17) is 11.6 Å². The van der Waals surface area contributed by atoms with Crippen LogP contribution in [0.4, 0.5) is 0 Å². The summed E-state index contributed by atoms with van der Waals surface area (Å²) in [6.45, 7) is 3.47. The highest BCUT2D eigenvalue weighted by Crippen LogP contribution is 2.15. The summed E-state index contributed by atoms with van der Waals surface area (Å²) in [6.07, 6.45) is 0.431. The second-order valence-electron chi connectivity index (χ2n) is 3.02. The summed E-state index contributed by atoms with van der Waals surface area (Å²) in [6, 6.07) is 6.81. The molecule has 0 aliphatic heterocycles. The van der Waals surface area contributed by atoms with Crippen molar-refractivity contribution >= 4 is 17.5 Å². The third-order valence-electron chi connectivity index (χ3n) is 1.91. The first-order chi connectivity index (χ1) is 7.13. The van der Waals surface area contributed by atoms with Crippen LogP contribution in [0.3, 0.4) is 0 Å². The Morgan fingerprint density at radius 3 is 2.67 bits per heavy atom. The first kappa shape index (κ1) is 11.8.